The van der Waals surface area contributed by atoms with E-state index in [9.17, 15) is 0 Å². The summed E-state index contributed by atoms with van der Waals surface area (Å²) in [6.07, 6.45) is 5.81. The van der Waals surface area contributed by atoms with E-state index >= 15 is 0 Å². The highest BCUT2D eigenvalue weighted by atomic mass is 16.5. The largest absolute Gasteiger partial charge is 0.457 e. The second kappa shape index (κ2) is 6.38. The standard InChI is InChI=1S/C24H21NO/c1-3-8-17(9-4-1)24-21-13-7-12-20(21)22-16-19(14-15-23(22)25-24)26-18-10-5-2-6-11-18/h1-12,14-16,20-21,24-25H,13H2. The number of fused-ring (bicyclic) bond motifs is 3. The molecule has 0 aromatic heterocycles. The minimum Gasteiger partial charge on any atom is -0.457 e. The first-order valence-electron chi connectivity index (χ1n) is 9.23. The molecule has 3 aromatic rings. The first kappa shape index (κ1) is 15.3. The lowest BCUT2D eigenvalue weighted by Crippen LogP contribution is -2.28. The zero-order chi connectivity index (χ0) is 17.3. The van der Waals surface area contributed by atoms with E-state index in [4.69, 9.17) is 4.74 Å². The summed E-state index contributed by atoms with van der Waals surface area (Å²) in [6.45, 7) is 0. The molecule has 1 N–H and O–H groups in total. The van der Waals surface area contributed by atoms with Crippen LogP contribution in [0.5, 0.6) is 11.5 Å². The number of allylic oxidation sites excluding steroid dienone is 2. The van der Waals surface area contributed by atoms with Crippen LogP contribution in [0.2, 0.25) is 0 Å². The summed E-state index contributed by atoms with van der Waals surface area (Å²) in [7, 11) is 0. The van der Waals surface area contributed by atoms with E-state index in [1.165, 1.54) is 16.8 Å². The lowest BCUT2D eigenvalue weighted by molar-refractivity contribution is 0.422. The number of hydrogen-bond acceptors (Lipinski definition) is 2. The Morgan fingerprint density at radius 3 is 2.38 bits per heavy atom. The number of rotatable bonds is 3. The zero-order valence-corrected chi connectivity index (χ0v) is 14.5. The molecule has 2 heteroatoms. The molecular formula is C24H21NO. The molecule has 1 heterocycles. The fourth-order valence-electron chi connectivity index (χ4n) is 4.25. The fraction of sp³-hybridized carbons (Fsp3) is 0.167. The van der Waals surface area contributed by atoms with Gasteiger partial charge in [0.2, 0.25) is 0 Å². The van der Waals surface area contributed by atoms with Crippen LogP contribution in [0.15, 0.2) is 91.0 Å². The second-order valence-corrected chi connectivity index (χ2v) is 7.05. The molecule has 1 aliphatic heterocycles. The molecule has 2 aliphatic rings. The maximum atomic E-state index is 6.05. The van der Waals surface area contributed by atoms with Gasteiger partial charge in [-0.25, -0.2) is 0 Å². The van der Waals surface area contributed by atoms with Gasteiger partial charge in [-0.2, -0.15) is 0 Å². The summed E-state index contributed by atoms with van der Waals surface area (Å²) < 4.78 is 6.05. The molecule has 0 saturated carbocycles. The number of hydrogen-bond donors (Lipinski definition) is 1. The monoisotopic (exact) mass is 339 g/mol. The number of benzene rings is 3. The van der Waals surface area contributed by atoms with Crippen molar-refractivity contribution in [3.8, 4) is 11.5 Å². The number of nitrogens with one attached hydrogen (secondary N) is 1. The minimum absolute atomic E-state index is 0.351. The van der Waals surface area contributed by atoms with Crippen LogP contribution >= 0.6 is 0 Å². The van der Waals surface area contributed by atoms with Gasteiger partial charge in [0.25, 0.3) is 0 Å². The van der Waals surface area contributed by atoms with Crippen molar-refractivity contribution in [3.63, 3.8) is 0 Å². The molecule has 5 rings (SSSR count). The Hall–Kier alpha value is -3.00. The van der Waals surface area contributed by atoms with Crippen LogP contribution in [0.3, 0.4) is 0 Å². The van der Waals surface area contributed by atoms with E-state index in [1.807, 2.05) is 30.3 Å². The predicted molar refractivity (Wildman–Crippen MR) is 106 cm³/mol. The van der Waals surface area contributed by atoms with Gasteiger partial charge in [-0.3, -0.25) is 0 Å². The molecule has 3 aromatic carbocycles. The highest BCUT2D eigenvalue weighted by molar-refractivity contribution is 5.62. The average Bonchev–Trinajstić information content (AvgIpc) is 3.19. The number of ether oxygens (including phenoxy) is 1. The summed E-state index contributed by atoms with van der Waals surface area (Å²) in [6, 6.07) is 27.5. The molecule has 2 nitrogen and oxygen atoms in total. The Bertz CT molecular complexity index is 933. The van der Waals surface area contributed by atoms with Crippen molar-refractivity contribution >= 4 is 5.69 Å². The highest BCUT2D eigenvalue weighted by Gasteiger charge is 2.37. The van der Waals surface area contributed by atoms with E-state index < -0.39 is 0 Å². The van der Waals surface area contributed by atoms with Crippen LogP contribution in [0, 0.1) is 5.92 Å². The van der Waals surface area contributed by atoms with Crippen molar-refractivity contribution in [2.24, 2.45) is 5.92 Å². The van der Waals surface area contributed by atoms with Gasteiger partial charge in [-0.05, 0) is 53.8 Å². The summed E-state index contributed by atoms with van der Waals surface area (Å²) in [4.78, 5) is 0. The first-order valence-corrected chi connectivity index (χ1v) is 9.23. The van der Waals surface area contributed by atoms with E-state index in [0.29, 0.717) is 17.9 Å². The summed E-state index contributed by atoms with van der Waals surface area (Å²) in [5, 5.41) is 3.78. The molecule has 0 saturated heterocycles. The molecule has 3 atom stereocenters. The molecule has 0 radical (unpaired) electrons. The van der Waals surface area contributed by atoms with E-state index in [2.05, 4.69) is 66.0 Å². The van der Waals surface area contributed by atoms with E-state index in [1.54, 1.807) is 0 Å². The van der Waals surface area contributed by atoms with Crippen molar-refractivity contribution < 1.29 is 4.74 Å². The quantitative estimate of drug-likeness (QED) is 0.565. The van der Waals surface area contributed by atoms with Crippen LogP contribution in [-0.4, -0.2) is 0 Å². The van der Waals surface area contributed by atoms with Crippen LogP contribution < -0.4 is 10.1 Å². The maximum Gasteiger partial charge on any atom is 0.127 e. The van der Waals surface area contributed by atoms with Crippen LogP contribution in [-0.2, 0) is 0 Å². The van der Waals surface area contributed by atoms with Crippen LogP contribution in [0.4, 0.5) is 5.69 Å². The number of para-hydroxylation sites is 1. The van der Waals surface area contributed by atoms with Crippen LogP contribution in [0.25, 0.3) is 0 Å². The summed E-state index contributed by atoms with van der Waals surface area (Å²) in [5.74, 6) is 2.76. The van der Waals surface area contributed by atoms with Gasteiger partial charge in [0, 0.05) is 11.6 Å². The Labute approximate surface area is 154 Å². The third-order valence-electron chi connectivity index (χ3n) is 5.47. The topological polar surface area (TPSA) is 21.3 Å². The van der Waals surface area contributed by atoms with Gasteiger partial charge < -0.3 is 10.1 Å². The number of anilines is 1. The van der Waals surface area contributed by atoms with Crippen molar-refractivity contribution in [2.75, 3.05) is 5.32 Å². The van der Waals surface area contributed by atoms with Gasteiger partial charge in [0.1, 0.15) is 11.5 Å². The maximum absolute atomic E-state index is 6.05. The molecular weight excluding hydrogens is 318 g/mol. The normalized spacial score (nSPS) is 23.0. The summed E-state index contributed by atoms with van der Waals surface area (Å²) in [5.41, 5.74) is 3.91. The lowest BCUT2D eigenvalue weighted by Gasteiger charge is -2.37. The van der Waals surface area contributed by atoms with Crippen LogP contribution in [0.1, 0.15) is 29.5 Å². The zero-order valence-electron chi connectivity index (χ0n) is 14.5. The Morgan fingerprint density at radius 2 is 1.58 bits per heavy atom. The molecule has 0 fully saturated rings. The third-order valence-corrected chi connectivity index (χ3v) is 5.47. The molecule has 0 amide bonds. The smallest absolute Gasteiger partial charge is 0.127 e. The van der Waals surface area contributed by atoms with Crippen molar-refractivity contribution in [2.45, 2.75) is 18.4 Å². The second-order valence-electron chi connectivity index (χ2n) is 7.05. The SMILES string of the molecule is C1=CC2c3cc(Oc4ccccc4)ccc3NC(c3ccccc3)C2C1. The van der Waals surface area contributed by atoms with Gasteiger partial charge in [0.15, 0.2) is 0 Å². The Kier molecular flexibility index (Phi) is 3.75. The Balaban J connectivity index is 1.49. The van der Waals surface area contributed by atoms with Gasteiger partial charge >= 0.3 is 0 Å². The van der Waals surface area contributed by atoms with Crippen molar-refractivity contribution in [3.05, 3.63) is 102 Å². The third kappa shape index (κ3) is 2.68. The first-order chi connectivity index (χ1) is 12.9. The van der Waals surface area contributed by atoms with Crippen molar-refractivity contribution in [1.82, 2.24) is 0 Å². The molecule has 0 bridgehead atoms. The summed E-state index contributed by atoms with van der Waals surface area (Å²) >= 11 is 0. The lowest BCUT2D eigenvalue weighted by atomic mass is 9.77. The molecule has 1 aliphatic carbocycles. The Morgan fingerprint density at radius 1 is 0.808 bits per heavy atom. The predicted octanol–water partition coefficient (Wildman–Crippen LogP) is 6.31. The van der Waals surface area contributed by atoms with Gasteiger partial charge in [0.05, 0.1) is 6.04 Å². The van der Waals surface area contributed by atoms with Gasteiger partial charge in [-0.1, -0.05) is 60.7 Å². The minimum atomic E-state index is 0.351. The van der Waals surface area contributed by atoms with E-state index in [-0.39, 0.29) is 0 Å². The van der Waals surface area contributed by atoms with E-state index in [0.717, 1.165) is 17.9 Å². The average molecular weight is 339 g/mol. The fourth-order valence-corrected chi connectivity index (χ4v) is 4.25. The van der Waals surface area contributed by atoms with Crippen molar-refractivity contribution in [1.29, 1.82) is 0 Å². The molecule has 3 unspecified atom stereocenters. The highest BCUT2D eigenvalue weighted by Crippen LogP contribution is 2.50. The molecule has 0 spiro atoms. The molecule has 26 heavy (non-hydrogen) atoms. The molecule has 128 valence electrons. The van der Waals surface area contributed by atoms with Gasteiger partial charge in [-0.15, -0.1) is 0 Å².